The molecule has 19 heavy (non-hydrogen) atoms. The highest BCUT2D eigenvalue weighted by Gasteiger charge is 2.18. The molecule has 2 N–H and O–H groups in total. The third kappa shape index (κ3) is 4.35. The maximum Gasteiger partial charge on any atom is 0.254 e. The second-order valence-electron chi connectivity index (χ2n) is 6.01. The fourth-order valence-corrected chi connectivity index (χ4v) is 1.58. The van der Waals surface area contributed by atoms with Crippen LogP contribution in [0.3, 0.4) is 0 Å². The molecular formula is C14H25N3O2. The molecule has 0 aromatic carbocycles. The highest BCUT2D eigenvalue weighted by atomic mass is 16.3. The smallest absolute Gasteiger partial charge is 0.254 e. The first-order chi connectivity index (χ1) is 8.75. The van der Waals surface area contributed by atoms with Crippen LogP contribution in [-0.4, -0.2) is 33.4 Å². The van der Waals surface area contributed by atoms with Crippen molar-refractivity contribution in [1.82, 2.24) is 15.1 Å². The maximum absolute atomic E-state index is 11.9. The summed E-state index contributed by atoms with van der Waals surface area (Å²) in [6.45, 7) is 10.3. The van der Waals surface area contributed by atoms with Crippen molar-refractivity contribution in [3.63, 3.8) is 0 Å². The Bertz CT molecular complexity index is 421. The van der Waals surface area contributed by atoms with Gasteiger partial charge in [0.2, 0.25) is 0 Å². The molecule has 5 nitrogen and oxygen atoms in total. The van der Waals surface area contributed by atoms with Crippen molar-refractivity contribution < 1.29 is 9.90 Å². The minimum atomic E-state index is -0.508. The van der Waals surface area contributed by atoms with E-state index in [2.05, 4.69) is 10.4 Å². The summed E-state index contributed by atoms with van der Waals surface area (Å²) >= 11 is 0. The molecule has 1 heterocycles. The number of amides is 1. The summed E-state index contributed by atoms with van der Waals surface area (Å²) in [5.74, 6) is -0.0181. The fraction of sp³-hybridized carbons (Fsp3) is 0.714. The van der Waals surface area contributed by atoms with Crippen LogP contribution < -0.4 is 5.32 Å². The summed E-state index contributed by atoms with van der Waals surface area (Å²) in [5.41, 5.74) is 0.376. The normalized spacial score (nSPS) is 15.1. The summed E-state index contributed by atoms with van der Waals surface area (Å²) < 4.78 is 1.76. The first-order valence-corrected chi connectivity index (χ1v) is 6.77. The minimum absolute atomic E-state index is 0.144. The third-order valence-electron chi connectivity index (χ3n) is 3.30. The van der Waals surface area contributed by atoms with Gasteiger partial charge in [-0.1, -0.05) is 20.3 Å². The van der Waals surface area contributed by atoms with Gasteiger partial charge in [-0.15, -0.1) is 0 Å². The SMILES string of the molecule is CCC(C)C(O)CNC(=O)c1cnn(C(C)(C)C)c1. The van der Waals surface area contributed by atoms with Gasteiger partial charge in [-0.05, 0) is 26.7 Å². The van der Waals surface area contributed by atoms with E-state index in [-0.39, 0.29) is 23.9 Å². The Balaban J connectivity index is 2.57. The molecule has 108 valence electrons. The molecule has 1 rings (SSSR count). The number of hydrogen-bond donors (Lipinski definition) is 2. The van der Waals surface area contributed by atoms with Gasteiger partial charge < -0.3 is 10.4 Å². The predicted molar refractivity (Wildman–Crippen MR) is 75.0 cm³/mol. The van der Waals surface area contributed by atoms with Gasteiger partial charge in [-0.2, -0.15) is 5.10 Å². The molecular weight excluding hydrogens is 242 g/mol. The van der Waals surface area contributed by atoms with Crippen molar-refractivity contribution in [2.75, 3.05) is 6.54 Å². The van der Waals surface area contributed by atoms with E-state index in [1.165, 1.54) is 0 Å². The lowest BCUT2D eigenvalue weighted by Crippen LogP contribution is -2.35. The van der Waals surface area contributed by atoms with Crippen LogP contribution in [0.5, 0.6) is 0 Å². The van der Waals surface area contributed by atoms with Crippen LogP contribution in [0.25, 0.3) is 0 Å². The molecule has 1 aromatic heterocycles. The Labute approximate surface area is 115 Å². The number of nitrogens with zero attached hydrogens (tertiary/aromatic N) is 2. The quantitative estimate of drug-likeness (QED) is 0.854. The standard InChI is InChI=1S/C14H25N3O2/c1-6-10(2)12(18)8-15-13(19)11-7-16-17(9-11)14(3,4)5/h7,9-10,12,18H,6,8H2,1-5H3,(H,15,19). The first-order valence-electron chi connectivity index (χ1n) is 6.77. The monoisotopic (exact) mass is 267 g/mol. The minimum Gasteiger partial charge on any atom is -0.391 e. The average Bonchev–Trinajstić information content (AvgIpc) is 2.83. The van der Waals surface area contributed by atoms with E-state index in [4.69, 9.17) is 0 Å². The van der Waals surface area contributed by atoms with E-state index in [0.717, 1.165) is 6.42 Å². The van der Waals surface area contributed by atoms with E-state index < -0.39 is 6.10 Å². The Morgan fingerprint density at radius 1 is 1.53 bits per heavy atom. The zero-order valence-corrected chi connectivity index (χ0v) is 12.5. The van der Waals surface area contributed by atoms with Crippen LogP contribution in [-0.2, 0) is 5.54 Å². The van der Waals surface area contributed by atoms with Crippen molar-refractivity contribution in [2.24, 2.45) is 5.92 Å². The number of aromatic nitrogens is 2. The van der Waals surface area contributed by atoms with Crippen molar-refractivity contribution in [1.29, 1.82) is 0 Å². The van der Waals surface area contributed by atoms with Crippen LogP contribution in [0.2, 0.25) is 0 Å². The van der Waals surface area contributed by atoms with Crippen LogP contribution >= 0.6 is 0 Å². The number of aliphatic hydroxyl groups excluding tert-OH is 1. The molecule has 0 aliphatic rings. The van der Waals surface area contributed by atoms with E-state index in [9.17, 15) is 9.90 Å². The molecule has 0 bridgehead atoms. The second kappa shape index (κ2) is 6.19. The van der Waals surface area contributed by atoms with Gasteiger partial charge >= 0.3 is 0 Å². The van der Waals surface area contributed by atoms with Crippen molar-refractivity contribution in [3.8, 4) is 0 Å². The van der Waals surface area contributed by atoms with E-state index in [1.54, 1.807) is 17.1 Å². The molecule has 0 spiro atoms. The molecule has 0 aliphatic carbocycles. The van der Waals surface area contributed by atoms with Crippen LogP contribution in [0.15, 0.2) is 12.4 Å². The lowest BCUT2D eigenvalue weighted by atomic mass is 10.0. The Kier molecular flexibility index (Phi) is 5.11. The lowest BCUT2D eigenvalue weighted by Gasteiger charge is -2.19. The van der Waals surface area contributed by atoms with Crippen molar-refractivity contribution in [3.05, 3.63) is 18.0 Å². The van der Waals surface area contributed by atoms with Crippen LogP contribution in [0.1, 0.15) is 51.4 Å². The molecule has 1 aromatic rings. The van der Waals surface area contributed by atoms with Gasteiger partial charge in [0.25, 0.3) is 5.91 Å². The lowest BCUT2D eigenvalue weighted by molar-refractivity contribution is 0.0850. The molecule has 2 unspecified atom stereocenters. The zero-order chi connectivity index (χ0) is 14.6. The topological polar surface area (TPSA) is 67.2 Å². The van der Waals surface area contributed by atoms with Gasteiger partial charge in [0.05, 0.1) is 23.4 Å². The van der Waals surface area contributed by atoms with Crippen LogP contribution in [0, 0.1) is 5.92 Å². The molecule has 0 fully saturated rings. The zero-order valence-electron chi connectivity index (χ0n) is 12.5. The number of rotatable bonds is 5. The van der Waals surface area contributed by atoms with Gasteiger partial charge in [-0.25, -0.2) is 0 Å². The first kappa shape index (κ1) is 15.7. The summed E-state index contributed by atoms with van der Waals surface area (Å²) in [6, 6.07) is 0. The van der Waals surface area contributed by atoms with E-state index >= 15 is 0 Å². The summed E-state index contributed by atoms with van der Waals surface area (Å²) in [6.07, 6.45) is 3.66. The van der Waals surface area contributed by atoms with Crippen molar-refractivity contribution >= 4 is 5.91 Å². The summed E-state index contributed by atoms with van der Waals surface area (Å²) in [7, 11) is 0. The second-order valence-corrected chi connectivity index (χ2v) is 6.01. The van der Waals surface area contributed by atoms with Crippen LogP contribution in [0.4, 0.5) is 0 Å². The Hall–Kier alpha value is -1.36. The Morgan fingerprint density at radius 3 is 2.63 bits per heavy atom. The van der Waals surface area contributed by atoms with Gasteiger partial charge in [0.15, 0.2) is 0 Å². The molecule has 0 saturated heterocycles. The number of carbonyl (C=O) groups is 1. The molecule has 1 amide bonds. The maximum atomic E-state index is 11.9. The molecule has 0 radical (unpaired) electrons. The summed E-state index contributed by atoms with van der Waals surface area (Å²) in [5, 5.41) is 16.7. The van der Waals surface area contributed by atoms with Gasteiger partial charge in [-0.3, -0.25) is 9.48 Å². The highest BCUT2D eigenvalue weighted by Crippen LogP contribution is 2.13. The largest absolute Gasteiger partial charge is 0.391 e. The van der Waals surface area contributed by atoms with Gasteiger partial charge in [0.1, 0.15) is 0 Å². The summed E-state index contributed by atoms with van der Waals surface area (Å²) in [4.78, 5) is 11.9. The van der Waals surface area contributed by atoms with E-state index in [0.29, 0.717) is 5.56 Å². The molecule has 0 saturated carbocycles. The predicted octanol–water partition coefficient (Wildman–Crippen LogP) is 1.77. The molecule has 5 heteroatoms. The highest BCUT2D eigenvalue weighted by molar-refractivity contribution is 5.93. The third-order valence-corrected chi connectivity index (χ3v) is 3.30. The molecule has 0 aliphatic heterocycles. The average molecular weight is 267 g/mol. The van der Waals surface area contributed by atoms with Crippen molar-refractivity contribution in [2.45, 2.75) is 52.7 Å². The number of hydrogen-bond acceptors (Lipinski definition) is 3. The van der Waals surface area contributed by atoms with E-state index in [1.807, 2.05) is 34.6 Å². The fourth-order valence-electron chi connectivity index (χ4n) is 1.58. The number of carbonyl (C=O) groups excluding carboxylic acids is 1. The molecule has 2 atom stereocenters. The Morgan fingerprint density at radius 2 is 2.16 bits per heavy atom. The number of aliphatic hydroxyl groups is 1. The number of nitrogens with one attached hydrogen (secondary N) is 1. The van der Waals surface area contributed by atoms with Gasteiger partial charge in [0, 0.05) is 12.7 Å².